The van der Waals surface area contributed by atoms with Crippen molar-refractivity contribution >= 4 is 11.8 Å². The molecule has 1 fully saturated rings. The molecule has 3 unspecified atom stereocenters. The minimum Gasteiger partial charge on any atom is -0.315 e. The van der Waals surface area contributed by atoms with E-state index in [0.29, 0.717) is 18.1 Å². The van der Waals surface area contributed by atoms with E-state index in [2.05, 4.69) is 66.9 Å². The van der Waals surface area contributed by atoms with Crippen molar-refractivity contribution in [1.82, 2.24) is 20.0 Å². The molecule has 3 atom stereocenters. The molecule has 114 valence electrons. The molecule has 0 radical (unpaired) electrons. The molecule has 2 rings (SSSR count). The molecule has 0 amide bonds. The van der Waals surface area contributed by atoms with Gasteiger partial charge in [0, 0.05) is 48.8 Å². The highest BCUT2D eigenvalue weighted by molar-refractivity contribution is 7.99. The van der Waals surface area contributed by atoms with Gasteiger partial charge in [-0.15, -0.1) is 0 Å². The number of nitrogens with zero attached hydrogens (tertiary/aromatic N) is 3. The highest BCUT2D eigenvalue weighted by Gasteiger charge is 2.27. The van der Waals surface area contributed by atoms with Crippen molar-refractivity contribution in [3.63, 3.8) is 0 Å². The molecular formula is C15H28N4S. The Labute approximate surface area is 127 Å². The van der Waals surface area contributed by atoms with Gasteiger partial charge in [0.05, 0.1) is 5.69 Å². The number of hydrogen-bond donors (Lipinski definition) is 1. The molecule has 1 aromatic rings. The van der Waals surface area contributed by atoms with Crippen LogP contribution in [-0.4, -0.2) is 58.9 Å². The van der Waals surface area contributed by atoms with E-state index in [9.17, 15) is 0 Å². The summed E-state index contributed by atoms with van der Waals surface area (Å²) in [7, 11) is 4.32. The Morgan fingerprint density at radius 3 is 3.00 bits per heavy atom. The lowest BCUT2D eigenvalue weighted by Crippen LogP contribution is -2.52. The summed E-state index contributed by atoms with van der Waals surface area (Å²) < 4.78 is 2.10. The van der Waals surface area contributed by atoms with Crippen molar-refractivity contribution in [2.75, 3.05) is 32.1 Å². The molecule has 1 saturated heterocycles. The van der Waals surface area contributed by atoms with Crippen LogP contribution in [0.25, 0.3) is 0 Å². The van der Waals surface area contributed by atoms with E-state index < -0.39 is 0 Å². The Kier molecular flexibility index (Phi) is 5.93. The van der Waals surface area contributed by atoms with Gasteiger partial charge in [-0.3, -0.25) is 4.68 Å². The molecule has 5 heteroatoms. The third-order valence-corrected chi connectivity index (χ3v) is 5.46. The Morgan fingerprint density at radius 2 is 2.35 bits per heavy atom. The average molecular weight is 296 g/mol. The maximum absolute atomic E-state index is 4.74. The maximum atomic E-state index is 4.74. The Bertz CT molecular complexity index is 406. The fraction of sp³-hybridized carbons (Fsp3) is 0.800. The molecular weight excluding hydrogens is 268 g/mol. The van der Waals surface area contributed by atoms with Gasteiger partial charge in [-0.25, -0.2) is 0 Å². The Hall–Kier alpha value is -0.520. The number of thioether (sulfide) groups is 1. The topological polar surface area (TPSA) is 33.1 Å². The number of hydrogen-bond acceptors (Lipinski definition) is 4. The van der Waals surface area contributed by atoms with Crippen LogP contribution in [0.3, 0.4) is 0 Å². The van der Waals surface area contributed by atoms with Crippen molar-refractivity contribution in [2.45, 2.75) is 44.8 Å². The molecule has 20 heavy (non-hydrogen) atoms. The van der Waals surface area contributed by atoms with E-state index in [0.717, 1.165) is 12.8 Å². The van der Waals surface area contributed by atoms with E-state index in [-0.39, 0.29) is 0 Å². The summed E-state index contributed by atoms with van der Waals surface area (Å²) in [5.41, 5.74) is 1.20. The SMILES string of the molecule is CCC(C)n1ccc(CC(NC)C2CSCCN2C)n1. The zero-order valence-corrected chi connectivity index (χ0v) is 14.0. The predicted molar refractivity (Wildman–Crippen MR) is 87.5 cm³/mol. The highest BCUT2D eigenvalue weighted by Crippen LogP contribution is 2.19. The monoisotopic (exact) mass is 296 g/mol. The summed E-state index contributed by atoms with van der Waals surface area (Å²) in [6.45, 7) is 5.61. The van der Waals surface area contributed by atoms with Gasteiger partial charge in [-0.2, -0.15) is 16.9 Å². The smallest absolute Gasteiger partial charge is 0.0640 e. The fourth-order valence-electron chi connectivity index (χ4n) is 2.70. The highest BCUT2D eigenvalue weighted by atomic mass is 32.2. The molecule has 4 nitrogen and oxygen atoms in total. The summed E-state index contributed by atoms with van der Waals surface area (Å²) in [6, 6.07) is 3.75. The minimum atomic E-state index is 0.480. The number of nitrogens with one attached hydrogen (secondary N) is 1. The Balaban J connectivity index is 2.00. The van der Waals surface area contributed by atoms with Crippen LogP contribution in [0.1, 0.15) is 32.0 Å². The van der Waals surface area contributed by atoms with Crippen LogP contribution < -0.4 is 5.32 Å². The fourth-order valence-corrected chi connectivity index (χ4v) is 4.02. The average Bonchev–Trinajstić information content (AvgIpc) is 2.93. The molecule has 1 aromatic heterocycles. The molecule has 0 saturated carbocycles. The van der Waals surface area contributed by atoms with Crippen LogP contribution in [0.2, 0.25) is 0 Å². The molecule has 0 aliphatic carbocycles. The largest absolute Gasteiger partial charge is 0.315 e. The first-order valence-corrected chi connectivity index (χ1v) is 8.80. The van der Waals surface area contributed by atoms with Crippen LogP contribution in [0.5, 0.6) is 0 Å². The third kappa shape index (κ3) is 3.77. The molecule has 0 bridgehead atoms. The van der Waals surface area contributed by atoms with E-state index >= 15 is 0 Å². The van der Waals surface area contributed by atoms with Crippen molar-refractivity contribution in [3.05, 3.63) is 18.0 Å². The van der Waals surface area contributed by atoms with Crippen LogP contribution in [0, 0.1) is 0 Å². The standard InChI is InChI=1S/C15H28N4S/c1-5-12(2)19-7-6-13(17-19)10-14(16-3)15-11-20-9-8-18(15)4/h6-7,12,14-16H,5,8-11H2,1-4H3. The van der Waals surface area contributed by atoms with Gasteiger partial charge in [0.2, 0.25) is 0 Å². The zero-order chi connectivity index (χ0) is 14.5. The summed E-state index contributed by atoms with van der Waals surface area (Å²) >= 11 is 2.07. The molecule has 1 aliphatic heterocycles. The van der Waals surface area contributed by atoms with Gasteiger partial charge in [0.15, 0.2) is 0 Å². The van der Waals surface area contributed by atoms with Gasteiger partial charge in [-0.1, -0.05) is 6.92 Å². The summed E-state index contributed by atoms with van der Waals surface area (Å²) in [4.78, 5) is 2.49. The third-order valence-electron chi connectivity index (χ3n) is 4.41. The van der Waals surface area contributed by atoms with Crippen LogP contribution >= 0.6 is 11.8 Å². The molecule has 0 aromatic carbocycles. The normalized spacial score (nSPS) is 23.7. The summed E-state index contributed by atoms with van der Waals surface area (Å²) in [5, 5.41) is 8.24. The minimum absolute atomic E-state index is 0.480. The van der Waals surface area contributed by atoms with Crippen molar-refractivity contribution < 1.29 is 0 Å². The van der Waals surface area contributed by atoms with Gasteiger partial charge in [-0.05, 0) is 33.5 Å². The second-order valence-corrected chi connectivity index (χ2v) is 6.92. The summed E-state index contributed by atoms with van der Waals surface area (Å²) in [6.07, 6.45) is 4.25. The first kappa shape index (κ1) is 15.9. The van der Waals surface area contributed by atoms with Crippen molar-refractivity contribution in [1.29, 1.82) is 0 Å². The van der Waals surface area contributed by atoms with E-state index in [1.165, 1.54) is 23.7 Å². The van der Waals surface area contributed by atoms with Gasteiger partial charge >= 0.3 is 0 Å². The first-order valence-electron chi connectivity index (χ1n) is 7.65. The lowest BCUT2D eigenvalue weighted by molar-refractivity contribution is 0.218. The molecule has 2 heterocycles. The van der Waals surface area contributed by atoms with E-state index in [1.54, 1.807) is 0 Å². The zero-order valence-electron chi connectivity index (χ0n) is 13.2. The van der Waals surface area contributed by atoms with Crippen LogP contribution in [0.15, 0.2) is 12.3 Å². The predicted octanol–water partition coefficient (Wildman–Crippen LogP) is 2.03. The number of rotatable bonds is 6. The van der Waals surface area contributed by atoms with Crippen LogP contribution in [0.4, 0.5) is 0 Å². The second-order valence-electron chi connectivity index (χ2n) is 5.77. The second kappa shape index (κ2) is 7.48. The Morgan fingerprint density at radius 1 is 1.55 bits per heavy atom. The van der Waals surface area contributed by atoms with Crippen molar-refractivity contribution in [2.24, 2.45) is 0 Å². The van der Waals surface area contributed by atoms with Gasteiger partial charge in [0.1, 0.15) is 0 Å². The number of likely N-dealkylation sites (N-methyl/N-ethyl adjacent to an activating group) is 2. The molecule has 0 spiro atoms. The van der Waals surface area contributed by atoms with Gasteiger partial charge < -0.3 is 10.2 Å². The van der Waals surface area contributed by atoms with E-state index in [4.69, 9.17) is 5.10 Å². The summed E-state index contributed by atoms with van der Waals surface area (Å²) in [5.74, 6) is 2.47. The molecule has 1 aliphatic rings. The number of aromatic nitrogens is 2. The van der Waals surface area contributed by atoms with Crippen LogP contribution in [-0.2, 0) is 6.42 Å². The van der Waals surface area contributed by atoms with E-state index in [1.807, 2.05) is 0 Å². The van der Waals surface area contributed by atoms with Gasteiger partial charge in [0.25, 0.3) is 0 Å². The first-order chi connectivity index (χ1) is 9.65. The lowest BCUT2D eigenvalue weighted by atomic mass is 10.0. The lowest BCUT2D eigenvalue weighted by Gasteiger charge is -2.37. The maximum Gasteiger partial charge on any atom is 0.0640 e. The quantitative estimate of drug-likeness (QED) is 0.871. The molecule has 1 N–H and O–H groups in total. The van der Waals surface area contributed by atoms with Crippen molar-refractivity contribution in [3.8, 4) is 0 Å².